The minimum Gasteiger partial charge on any atom is -0.444 e. The van der Waals surface area contributed by atoms with Gasteiger partial charge in [0.15, 0.2) is 6.17 Å². The van der Waals surface area contributed by atoms with E-state index >= 15 is 0 Å². The molecule has 8 nitrogen and oxygen atoms in total. The molecule has 138 valence electrons. The number of nitrogens with zero attached hydrogens (tertiary/aromatic N) is 2. The number of hydrogen-bond acceptors (Lipinski definition) is 6. The lowest BCUT2D eigenvalue weighted by Crippen LogP contribution is -2.51. The van der Waals surface area contributed by atoms with Crippen LogP contribution in [-0.2, 0) is 4.74 Å². The molecule has 0 bridgehead atoms. The summed E-state index contributed by atoms with van der Waals surface area (Å²) in [4.78, 5) is 30.3. The first-order valence-electron chi connectivity index (χ1n) is 8.36. The number of para-hydroxylation sites is 1. The number of ether oxygens (including phenoxy) is 2. The van der Waals surface area contributed by atoms with Crippen molar-refractivity contribution < 1.29 is 19.1 Å². The summed E-state index contributed by atoms with van der Waals surface area (Å²) < 4.78 is 10.6. The van der Waals surface area contributed by atoms with Crippen molar-refractivity contribution >= 4 is 18.1 Å². The van der Waals surface area contributed by atoms with Gasteiger partial charge in [0.25, 0.3) is 0 Å². The van der Waals surface area contributed by atoms with Crippen LogP contribution in [0.25, 0.3) is 0 Å². The molecule has 0 saturated carbocycles. The number of alkyl carbamates (subject to hydrolysis) is 1. The monoisotopic (exact) mass is 358 g/mol. The van der Waals surface area contributed by atoms with Gasteiger partial charge in [-0.2, -0.15) is 0 Å². The predicted molar refractivity (Wildman–Crippen MR) is 95.8 cm³/mol. The number of guanidine groups is 1. The highest BCUT2D eigenvalue weighted by molar-refractivity contribution is 5.95. The average molecular weight is 358 g/mol. The second-order valence-electron chi connectivity index (χ2n) is 6.95. The molecular weight excluding hydrogens is 336 g/mol. The van der Waals surface area contributed by atoms with Crippen LogP contribution in [0.5, 0.6) is 5.75 Å². The van der Waals surface area contributed by atoms with Gasteiger partial charge < -0.3 is 14.8 Å². The first-order chi connectivity index (χ1) is 12.3. The molecule has 0 saturated heterocycles. The summed E-state index contributed by atoms with van der Waals surface area (Å²) in [7, 11) is 0. The van der Waals surface area contributed by atoms with Crippen LogP contribution in [-0.4, -0.2) is 47.4 Å². The summed E-state index contributed by atoms with van der Waals surface area (Å²) in [5.41, 5.74) is -0.610. The maximum absolute atomic E-state index is 12.5. The fraction of sp³-hybridized carbons (Fsp3) is 0.389. The van der Waals surface area contributed by atoms with Crippen molar-refractivity contribution in [1.29, 1.82) is 0 Å². The second kappa shape index (κ2) is 7.07. The molecule has 2 aliphatic rings. The van der Waals surface area contributed by atoms with Crippen molar-refractivity contribution in [3.63, 3.8) is 0 Å². The number of rotatable bonds is 1. The van der Waals surface area contributed by atoms with E-state index in [1.54, 1.807) is 45.0 Å². The molecule has 1 aromatic carbocycles. The summed E-state index contributed by atoms with van der Waals surface area (Å²) in [6.45, 7) is 5.71. The smallest absolute Gasteiger partial charge is 0.417 e. The van der Waals surface area contributed by atoms with Crippen LogP contribution >= 0.6 is 0 Å². The molecule has 0 spiro atoms. The number of hydrogen-bond donors (Lipinski definition) is 2. The van der Waals surface area contributed by atoms with Gasteiger partial charge in [-0.05, 0) is 32.9 Å². The lowest BCUT2D eigenvalue weighted by atomic mass is 10.1. The molecular formula is C18H22N4O4. The van der Waals surface area contributed by atoms with Crippen LogP contribution in [0.15, 0.2) is 47.5 Å². The van der Waals surface area contributed by atoms with Gasteiger partial charge in [0.05, 0.1) is 6.04 Å². The van der Waals surface area contributed by atoms with Crippen LogP contribution in [0.2, 0.25) is 0 Å². The Kier molecular flexibility index (Phi) is 4.83. The fourth-order valence-corrected chi connectivity index (χ4v) is 2.62. The normalized spacial score (nSPS) is 21.3. The molecule has 0 unspecified atom stereocenters. The van der Waals surface area contributed by atoms with E-state index in [2.05, 4.69) is 15.6 Å². The molecule has 2 aliphatic heterocycles. The zero-order chi connectivity index (χ0) is 18.7. The molecule has 0 radical (unpaired) electrons. The number of carbonyl (C=O) groups excluding carboxylic acids is 2. The third-order valence-corrected chi connectivity index (χ3v) is 3.65. The number of nitrogens with one attached hydrogen (secondary N) is 2. The number of amides is 2. The van der Waals surface area contributed by atoms with Crippen LogP contribution in [0.4, 0.5) is 9.59 Å². The van der Waals surface area contributed by atoms with E-state index in [0.29, 0.717) is 12.3 Å². The van der Waals surface area contributed by atoms with E-state index in [1.807, 2.05) is 18.2 Å². The average Bonchev–Trinajstić information content (AvgIpc) is 2.95. The third kappa shape index (κ3) is 4.33. The van der Waals surface area contributed by atoms with Gasteiger partial charge in [-0.1, -0.05) is 30.4 Å². The van der Waals surface area contributed by atoms with Crippen molar-refractivity contribution in [1.82, 2.24) is 15.5 Å². The Morgan fingerprint density at radius 2 is 2.00 bits per heavy atom. The standard InChI is InChI=1S/C18H22N4O4/c1-18(2,3)26-16(23)21-15-19-13-10-7-11-22(14(13)20-15)17(24)25-12-8-5-4-6-9-12/h4-10,13-14H,11H2,1-3H3,(H2,19,20,21,23)/t13-,14+/m1/s1. The molecule has 1 aromatic rings. The molecule has 3 rings (SSSR count). The maximum atomic E-state index is 12.5. The van der Waals surface area contributed by atoms with E-state index in [0.717, 1.165) is 0 Å². The number of carbonyl (C=O) groups is 2. The van der Waals surface area contributed by atoms with Crippen LogP contribution < -0.4 is 15.4 Å². The van der Waals surface area contributed by atoms with Gasteiger partial charge in [0.1, 0.15) is 11.4 Å². The Morgan fingerprint density at radius 1 is 1.27 bits per heavy atom. The van der Waals surface area contributed by atoms with E-state index in [9.17, 15) is 9.59 Å². The van der Waals surface area contributed by atoms with Gasteiger partial charge >= 0.3 is 12.2 Å². The summed E-state index contributed by atoms with van der Waals surface area (Å²) in [5, 5.41) is 5.63. The van der Waals surface area contributed by atoms with Crippen LogP contribution in [0, 0.1) is 0 Å². The lowest BCUT2D eigenvalue weighted by molar-refractivity contribution is 0.0561. The van der Waals surface area contributed by atoms with Gasteiger partial charge in [-0.3, -0.25) is 10.2 Å². The first-order valence-corrected chi connectivity index (χ1v) is 8.36. The molecule has 26 heavy (non-hydrogen) atoms. The zero-order valence-electron chi connectivity index (χ0n) is 14.9. The van der Waals surface area contributed by atoms with E-state index in [1.165, 1.54) is 4.90 Å². The first kappa shape index (κ1) is 17.8. The Balaban J connectivity index is 1.66. The minimum absolute atomic E-state index is 0.239. The Labute approximate surface area is 151 Å². The van der Waals surface area contributed by atoms with Crippen LogP contribution in [0.3, 0.4) is 0 Å². The van der Waals surface area contributed by atoms with Crippen LogP contribution in [0.1, 0.15) is 20.8 Å². The summed E-state index contributed by atoms with van der Waals surface area (Å²) >= 11 is 0. The molecule has 0 aliphatic carbocycles. The summed E-state index contributed by atoms with van der Waals surface area (Å²) in [6.07, 6.45) is 2.15. The van der Waals surface area contributed by atoms with Gasteiger partial charge in [0, 0.05) is 6.54 Å². The summed E-state index contributed by atoms with van der Waals surface area (Å²) in [5.74, 6) is 0.726. The van der Waals surface area contributed by atoms with E-state index in [-0.39, 0.29) is 12.0 Å². The van der Waals surface area contributed by atoms with Crippen molar-refractivity contribution in [2.75, 3.05) is 6.54 Å². The largest absolute Gasteiger partial charge is 0.444 e. The highest BCUT2D eigenvalue weighted by Crippen LogP contribution is 2.20. The SMILES string of the molecule is CC(C)(C)OC(=O)NC1=N[C@@H]2[C@@H](C=CCN2C(=O)Oc2ccccc2)N1. The summed E-state index contributed by atoms with van der Waals surface area (Å²) in [6, 6.07) is 8.61. The van der Waals surface area contributed by atoms with Crippen molar-refractivity contribution in [2.45, 2.75) is 38.6 Å². The van der Waals surface area contributed by atoms with E-state index in [4.69, 9.17) is 9.47 Å². The zero-order valence-corrected chi connectivity index (χ0v) is 14.9. The number of fused-ring (bicyclic) bond motifs is 1. The van der Waals surface area contributed by atoms with Gasteiger partial charge in [0.2, 0.25) is 5.96 Å². The quantitative estimate of drug-likeness (QED) is 0.751. The molecule has 8 heteroatoms. The highest BCUT2D eigenvalue weighted by atomic mass is 16.6. The van der Waals surface area contributed by atoms with Gasteiger partial charge in [-0.15, -0.1) is 0 Å². The van der Waals surface area contributed by atoms with Crippen molar-refractivity contribution in [3.8, 4) is 5.75 Å². The number of aliphatic imine (C=N–C) groups is 1. The lowest BCUT2D eigenvalue weighted by Gasteiger charge is -2.30. The minimum atomic E-state index is -0.610. The number of benzene rings is 1. The fourth-order valence-electron chi connectivity index (χ4n) is 2.62. The third-order valence-electron chi connectivity index (χ3n) is 3.65. The van der Waals surface area contributed by atoms with E-state index < -0.39 is 24.0 Å². The molecule has 0 fully saturated rings. The topological polar surface area (TPSA) is 92.3 Å². The Morgan fingerprint density at radius 3 is 2.69 bits per heavy atom. The van der Waals surface area contributed by atoms with Crippen molar-refractivity contribution in [2.24, 2.45) is 4.99 Å². The Hall–Kier alpha value is -3.03. The predicted octanol–water partition coefficient (Wildman–Crippen LogP) is 2.24. The van der Waals surface area contributed by atoms with Gasteiger partial charge in [-0.25, -0.2) is 14.6 Å². The molecule has 2 atom stereocenters. The second-order valence-corrected chi connectivity index (χ2v) is 6.95. The molecule has 0 aromatic heterocycles. The van der Waals surface area contributed by atoms with Crippen molar-refractivity contribution in [3.05, 3.63) is 42.5 Å². The molecule has 2 N–H and O–H groups in total. The highest BCUT2D eigenvalue weighted by Gasteiger charge is 2.38. The maximum Gasteiger partial charge on any atom is 0.417 e. The Bertz CT molecular complexity index is 739. The molecule has 2 amide bonds. The molecule has 2 heterocycles.